The molecular formula is C39H46ClFN6O4. The number of halogens is 2. The predicted octanol–water partition coefficient (Wildman–Crippen LogP) is 7.17. The van der Waals surface area contributed by atoms with Crippen LogP contribution in [0.4, 0.5) is 4.39 Å². The number of aryl methyl sites for hydroxylation is 2. The second-order valence-corrected chi connectivity index (χ2v) is 14.1. The topological polar surface area (TPSA) is 119 Å². The summed E-state index contributed by atoms with van der Waals surface area (Å²) >= 11 is 5.98. The highest BCUT2D eigenvalue weighted by atomic mass is 35.5. The lowest BCUT2D eigenvalue weighted by atomic mass is 9.96. The Balaban J connectivity index is 1.35. The molecule has 2 aliphatic heterocycles. The van der Waals surface area contributed by atoms with E-state index >= 15 is 0 Å². The molecule has 2 aliphatic rings. The van der Waals surface area contributed by atoms with E-state index in [0.29, 0.717) is 30.8 Å². The fourth-order valence-electron chi connectivity index (χ4n) is 7.29. The molecule has 1 N–H and O–H groups in total. The van der Waals surface area contributed by atoms with Gasteiger partial charge in [0.2, 0.25) is 11.8 Å². The first kappa shape index (κ1) is 36.6. The van der Waals surface area contributed by atoms with Gasteiger partial charge in [-0.05, 0) is 61.9 Å². The number of fused-ring (bicyclic) bond motifs is 2. The standard InChI is InChI=1S/C39H46ClFN6O4/c1-25(48)36-31-20-29(30-22-42-26(2)43-23-30)19-27-13-10-8-6-4-3-5-7-9-11-18-51-33-16-17-46(34(49)24-47(45-36)37(27)31)38(33)39(50)44-21-28-14-12-15-32(40)35(28)41/h12,14-15,19-20,22-23,33,38H,3-11,13,16-18,21,24H2,1-2H3,(H,44,50)/t33-,38+/m1/s1. The van der Waals surface area contributed by atoms with Crippen molar-refractivity contribution in [1.29, 1.82) is 0 Å². The molecule has 12 heteroatoms. The molecule has 51 heavy (non-hydrogen) atoms. The van der Waals surface area contributed by atoms with Crippen LogP contribution >= 0.6 is 11.6 Å². The van der Waals surface area contributed by atoms with Crippen LogP contribution in [-0.4, -0.2) is 67.5 Å². The average molecular weight is 717 g/mol. The Morgan fingerprint density at radius 3 is 2.43 bits per heavy atom. The first-order valence-corrected chi connectivity index (χ1v) is 18.5. The lowest BCUT2D eigenvalue weighted by molar-refractivity contribution is -0.142. The minimum absolute atomic E-state index is 0.0262. The summed E-state index contributed by atoms with van der Waals surface area (Å²) in [5.41, 5.74) is 3.98. The molecule has 0 spiro atoms. The number of amides is 2. The Kier molecular flexibility index (Phi) is 12.1. The van der Waals surface area contributed by atoms with Crippen LogP contribution in [0.2, 0.25) is 5.02 Å². The van der Waals surface area contributed by atoms with E-state index in [4.69, 9.17) is 21.4 Å². The maximum atomic E-state index is 14.7. The smallest absolute Gasteiger partial charge is 0.245 e. The third-order valence-corrected chi connectivity index (χ3v) is 10.3. The van der Waals surface area contributed by atoms with Crippen LogP contribution in [-0.2, 0) is 33.8 Å². The normalized spacial score (nSPS) is 19.6. The van der Waals surface area contributed by atoms with E-state index in [1.54, 1.807) is 34.1 Å². The Bertz CT molecular complexity index is 1880. The summed E-state index contributed by atoms with van der Waals surface area (Å²) in [4.78, 5) is 51.4. The minimum atomic E-state index is -0.910. The summed E-state index contributed by atoms with van der Waals surface area (Å²) in [5, 5.41) is 8.20. The van der Waals surface area contributed by atoms with Crippen LogP contribution in [0.15, 0.2) is 42.7 Å². The van der Waals surface area contributed by atoms with Gasteiger partial charge in [0, 0.05) is 55.5 Å². The van der Waals surface area contributed by atoms with Gasteiger partial charge in [0.05, 0.1) is 16.6 Å². The molecule has 1 saturated heterocycles. The molecular weight excluding hydrogens is 671 g/mol. The molecule has 4 aromatic rings. The van der Waals surface area contributed by atoms with Gasteiger partial charge in [-0.2, -0.15) is 5.10 Å². The molecule has 2 aromatic heterocycles. The van der Waals surface area contributed by atoms with Crippen LogP contribution in [0.3, 0.4) is 0 Å². The van der Waals surface area contributed by atoms with E-state index in [2.05, 4.69) is 21.4 Å². The minimum Gasteiger partial charge on any atom is -0.375 e. The van der Waals surface area contributed by atoms with Gasteiger partial charge < -0.3 is 15.0 Å². The van der Waals surface area contributed by atoms with Crippen molar-refractivity contribution in [2.45, 2.75) is 110 Å². The number of aromatic nitrogens is 4. The molecule has 10 nitrogen and oxygen atoms in total. The molecule has 2 bridgehead atoms. The fourth-order valence-corrected chi connectivity index (χ4v) is 7.48. The molecule has 0 radical (unpaired) electrons. The summed E-state index contributed by atoms with van der Waals surface area (Å²) in [7, 11) is 0. The zero-order chi connectivity index (χ0) is 35.9. The first-order valence-electron chi connectivity index (χ1n) is 18.2. The molecule has 2 atom stereocenters. The number of carbonyl (C=O) groups is 3. The monoisotopic (exact) mass is 716 g/mol. The first-order chi connectivity index (χ1) is 24.7. The lowest BCUT2D eigenvalue weighted by Gasteiger charge is -2.27. The number of nitrogens with one attached hydrogen (secondary N) is 1. The van der Waals surface area contributed by atoms with Crippen LogP contribution in [0, 0.1) is 12.7 Å². The maximum Gasteiger partial charge on any atom is 0.245 e. The van der Waals surface area contributed by atoms with Gasteiger partial charge in [-0.25, -0.2) is 14.4 Å². The highest BCUT2D eigenvalue weighted by molar-refractivity contribution is 6.30. The Morgan fingerprint density at radius 1 is 1.00 bits per heavy atom. The summed E-state index contributed by atoms with van der Waals surface area (Å²) in [6.45, 7) is 3.87. The molecule has 4 heterocycles. The summed E-state index contributed by atoms with van der Waals surface area (Å²) < 4.78 is 22.6. The molecule has 6 rings (SSSR count). The van der Waals surface area contributed by atoms with E-state index in [1.165, 1.54) is 32.3 Å². The number of carbonyl (C=O) groups excluding carboxylic acids is 3. The zero-order valence-electron chi connectivity index (χ0n) is 29.4. The van der Waals surface area contributed by atoms with Crippen LogP contribution in [0.5, 0.6) is 0 Å². The summed E-state index contributed by atoms with van der Waals surface area (Å²) in [6.07, 6.45) is 14.1. The van der Waals surface area contributed by atoms with Crippen LogP contribution in [0.25, 0.3) is 22.0 Å². The van der Waals surface area contributed by atoms with E-state index in [0.717, 1.165) is 67.2 Å². The third kappa shape index (κ3) is 8.64. The van der Waals surface area contributed by atoms with Crippen LogP contribution < -0.4 is 5.32 Å². The van der Waals surface area contributed by atoms with Gasteiger partial charge in [-0.1, -0.05) is 68.7 Å². The largest absolute Gasteiger partial charge is 0.375 e. The molecule has 2 amide bonds. The number of hydrogen-bond acceptors (Lipinski definition) is 7. The van der Waals surface area contributed by atoms with Crippen molar-refractivity contribution in [3.05, 3.63) is 76.2 Å². The quantitative estimate of drug-likeness (QED) is 0.218. The predicted molar refractivity (Wildman–Crippen MR) is 194 cm³/mol. The van der Waals surface area contributed by atoms with Gasteiger partial charge in [-0.15, -0.1) is 0 Å². The number of ether oxygens (including phenoxy) is 1. The Hall–Kier alpha value is -4.22. The second-order valence-electron chi connectivity index (χ2n) is 13.7. The highest BCUT2D eigenvalue weighted by Crippen LogP contribution is 2.32. The number of rotatable bonds is 5. The maximum absolute atomic E-state index is 14.7. The van der Waals surface area contributed by atoms with Crippen molar-refractivity contribution in [2.24, 2.45) is 0 Å². The van der Waals surface area contributed by atoms with E-state index < -0.39 is 23.9 Å². The van der Waals surface area contributed by atoms with Gasteiger partial charge in [-0.3, -0.25) is 19.1 Å². The van der Waals surface area contributed by atoms with Crippen molar-refractivity contribution in [3.8, 4) is 11.1 Å². The molecule has 2 aromatic carbocycles. The van der Waals surface area contributed by atoms with Gasteiger partial charge >= 0.3 is 0 Å². The fraction of sp³-hybridized carbons (Fsp3) is 0.487. The lowest BCUT2D eigenvalue weighted by Crippen LogP contribution is -2.51. The number of hydrogen-bond donors (Lipinski definition) is 1. The Labute approximate surface area is 303 Å². The average Bonchev–Trinajstić information content (AvgIpc) is 3.71. The van der Waals surface area contributed by atoms with Crippen molar-refractivity contribution in [2.75, 3.05) is 13.2 Å². The molecule has 270 valence electrons. The number of benzene rings is 2. The molecule has 0 unspecified atom stereocenters. The molecule has 0 aliphatic carbocycles. The number of Topliss-reactive ketones (excluding diaryl/α,β-unsaturated/α-hetero) is 1. The van der Waals surface area contributed by atoms with Crippen molar-refractivity contribution >= 4 is 40.1 Å². The summed E-state index contributed by atoms with van der Waals surface area (Å²) in [6, 6.07) is 7.77. The van der Waals surface area contributed by atoms with Crippen LogP contribution in [0.1, 0.15) is 98.6 Å². The molecule has 1 fully saturated rings. The van der Waals surface area contributed by atoms with E-state index in [9.17, 15) is 18.8 Å². The third-order valence-electron chi connectivity index (χ3n) is 9.99. The number of nitrogens with zero attached hydrogens (tertiary/aromatic N) is 5. The zero-order valence-corrected chi connectivity index (χ0v) is 30.2. The summed E-state index contributed by atoms with van der Waals surface area (Å²) in [5.74, 6) is -0.870. The molecule has 0 saturated carbocycles. The highest BCUT2D eigenvalue weighted by Gasteiger charge is 2.42. The van der Waals surface area contributed by atoms with Crippen molar-refractivity contribution in [1.82, 2.24) is 30.0 Å². The van der Waals surface area contributed by atoms with E-state index in [-0.39, 0.29) is 41.1 Å². The van der Waals surface area contributed by atoms with Crippen molar-refractivity contribution < 1.29 is 23.5 Å². The van der Waals surface area contributed by atoms with Gasteiger partial charge in [0.25, 0.3) is 0 Å². The Morgan fingerprint density at radius 2 is 1.71 bits per heavy atom. The van der Waals surface area contributed by atoms with Crippen molar-refractivity contribution in [3.63, 3.8) is 0 Å². The SMILES string of the molecule is CC(=O)c1nn2c3c(cc(-c4cnc(C)nc4)cc13)CCCCCCCCCCCO[C@@H]1CCN(C(=O)C2)[C@@H]1C(=O)NCc1cccc(Cl)c1F. The van der Waals surface area contributed by atoms with Gasteiger partial charge in [0.15, 0.2) is 5.78 Å². The second kappa shape index (κ2) is 16.9. The van der Waals surface area contributed by atoms with Gasteiger partial charge in [0.1, 0.15) is 29.9 Å². The number of ketones is 1. The van der Waals surface area contributed by atoms with E-state index in [1.807, 2.05) is 13.0 Å².